The lowest BCUT2D eigenvalue weighted by molar-refractivity contribution is -0.0957. The van der Waals surface area contributed by atoms with Gasteiger partial charge < -0.3 is 9.26 Å². The summed E-state index contributed by atoms with van der Waals surface area (Å²) >= 11 is 5.71. The highest BCUT2D eigenvalue weighted by atomic mass is 35.5. The minimum atomic E-state index is -0.363. The third-order valence-electron chi connectivity index (χ3n) is 4.02. The lowest BCUT2D eigenvalue weighted by atomic mass is 9.70. The van der Waals surface area contributed by atoms with E-state index in [4.69, 9.17) is 20.9 Å². The Labute approximate surface area is 119 Å². The SMILES string of the molecule is CCOC1(c2noc(CCCl)n2)CCC(C)(C)CC1. The highest BCUT2D eigenvalue weighted by molar-refractivity contribution is 6.17. The van der Waals surface area contributed by atoms with Crippen molar-refractivity contribution >= 4 is 11.6 Å². The first kappa shape index (κ1) is 14.8. The molecule has 0 saturated heterocycles. The molecule has 1 fully saturated rings. The second-order valence-electron chi connectivity index (χ2n) is 6.04. The summed E-state index contributed by atoms with van der Waals surface area (Å²) in [5, 5.41) is 4.13. The highest BCUT2D eigenvalue weighted by Gasteiger charge is 2.43. The maximum atomic E-state index is 6.02. The molecule has 0 N–H and O–H groups in total. The Balaban J connectivity index is 2.19. The fourth-order valence-corrected chi connectivity index (χ4v) is 2.82. The lowest BCUT2D eigenvalue weighted by Gasteiger charge is -2.41. The van der Waals surface area contributed by atoms with Gasteiger partial charge in [-0.25, -0.2) is 0 Å². The number of aryl methyl sites for hydroxylation is 1. The molecule has 0 aromatic carbocycles. The van der Waals surface area contributed by atoms with Gasteiger partial charge in [0, 0.05) is 18.9 Å². The van der Waals surface area contributed by atoms with Crippen LogP contribution in [-0.4, -0.2) is 22.6 Å². The standard InChI is InChI=1S/C14H23ClN2O2/c1-4-18-14(8-6-13(2,3)7-9-14)12-16-11(5-10-15)19-17-12/h4-10H2,1-3H3. The molecule has 108 valence electrons. The van der Waals surface area contributed by atoms with Crippen LogP contribution in [0.5, 0.6) is 0 Å². The highest BCUT2D eigenvalue weighted by Crippen LogP contribution is 2.46. The molecular weight excluding hydrogens is 264 g/mol. The van der Waals surface area contributed by atoms with Crippen LogP contribution < -0.4 is 0 Å². The maximum Gasteiger partial charge on any atom is 0.227 e. The van der Waals surface area contributed by atoms with Gasteiger partial charge in [0.1, 0.15) is 5.60 Å². The molecule has 0 radical (unpaired) electrons. The topological polar surface area (TPSA) is 48.2 Å². The van der Waals surface area contributed by atoms with E-state index in [1.807, 2.05) is 6.92 Å². The van der Waals surface area contributed by atoms with Gasteiger partial charge in [-0.1, -0.05) is 19.0 Å². The first-order valence-electron chi connectivity index (χ1n) is 7.04. The van der Waals surface area contributed by atoms with E-state index in [1.165, 1.54) is 0 Å². The fraction of sp³-hybridized carbons (Fsp3) is 0.857. The Morgan fingerprint density at radius 1 is 1.26 bits per heavy atom. The molecule has 0 spiro atoms. The van der Waals surface area contributed by atoms with Crippen LogP contribution in [0.1, 0.15) is 58.2 Å². The largest absolute Gasteiger partial charge is 0.367 e. The van der Waals surface area contributed by atoms with Crippen LogP contribution in [-0.2, 0) is 16.8 Å². The molecule has 1 aliphatic rings. The molecule has 1 heterocycles. The average Bonchev–Trinajstić information content (AvgIpc) is 2.82. The van der Waals surface area contributed by atoms with Gasteiger partial charge >= 0.3 is 0 Å². The van der Waals surface area contributed by atoms with Crippen LogP contribution in [0.4, 0.5) is 0 Å². The summed E-state index contributed by atoms with van der Waals surface area (Å²) in [6, 6.07) is 0. The van der Waals surface area contributed by atoms with Crippen molar-refractivity contribution in [2.45, 2.75) is 58.5 Å². The Morgan fingerprint density at radius 2 is 1.95 bits per heavy atom. The molecule has 0 atom stereocenters. The molecule has 5 heteroatoms. The van der Waals surface area contributed by atoms with Crippen LogP contribution >= 0.6 is 11.6 Å². The van der Waals surface area contributed by atoms with Gasteiger partial charge in [-0.3, -0.25) is 0 Å². The summed E-state index contributed by atoms with van der Waals surface area (Å²) in [5.41, 5.74) is 0.0155. The normalized spacial score (nSPS) is 21.5. The number of nitrogens with zero attached hydrogens (tertiary/aromatic N) is 2. The van der Waals surface area contributed by atoms with Crippen LogP contribution in [0.15, 0.2) is 4.52 Å². The van der Waals surface area contributed by atoms with Crippen LogP contribution in [0.3, 0.4) is 0 Å². The number of hydrogen-bond acceptors (Lipinski definition) is 4. The van der Waals surface area contributed by atoms with E-state index in [1.54, 1.807) is 0 Å². The van der Waals surface area contributed by atoms with Gasteiger partial charge in [-0.05, 0) is 38.0 Å². The average molecular weight is 287 g/mol. The molecule has 0 bridgehead atoms. The zero-order valence-corrected chi connectivity index (χ0v) is 12.8. The summed E-state index contributed by atoms with van der Waals surface area (Å²) in [7, 11) is 0. The molecule has 1 saturated carbocycles. The number of aromatic nitrogens is 2. The van der Waals surface area contributed by atoms with E-state index in [2.05, 4.69) is 24.0 Å². The summed E-state index contributed by atoms with van der Waals surface area (Å²) in [6.07, 6.45) is 4.75. The van der Waals surface area contributed by atoms with E-state index < -0.39 is 0 Å². The Bertz CT molecular complexity index is 407. The molecule has 4 nitrogen and oxygen atoms in total. The Kier molecular flexibility index (Phi) is 4.51. The third kappa shape index (κ3) is 3.29. The molecule has 0 amide bonds. The van der Waals surface area contributed by atoms with Gasteiger partial charge in [0.2, 0.25) is 11.7 Å². The molecule has 1 aliphatic carbocycles. The molecular formula is C14H23ClN2O2. The second-order valence-corrected chi connectivity index (χ2v) is 6.42. The molecule has 1 aromatic rings. The first-order valence-corrected chi connectivity index (χ1v) is 7.58. The minimum Gasteiger partial charge on any atom is -0.367 e. The first-order chi connectivity index (χ1) is 9.01. The summed E-state index contributed by atoms with van der Waals surface area (Å²) in [6.45, 7) is 7.29. The third-order valence-corrected chi connectivity index (χ3v) is 4.20. The molecule has 1 aromatic heterocycles. The molecule has 0 unspecified atom stereocenters. The van der Waals surface area contributed by atoms with E-state index in [-0.39, 0.29) is 5.60 Å². The van der Waals surface area contributed by atoms with Crippen LogP contribution in [0, 0.1) is 5.41 Å². The van der Waals surface area contributed by atoms with Gasteiger partial charge in [-0.15, -0.1) is 11.6 Å². The molecule has 19 heavy (non-hydrogen) atoms. The fourth-order valence-electron chi connectivity index (χ4n) is 2.66. The lowest BCUT2D eigenvalue weighted by Crippen LogP contribution is -2.38. The number of hydrogen-bond donors (Lipinski definition) is 0. The Hall–Kier alpha value is -0.610. The van der Waals surface area contributed by atoms with E-state index >= 15 is 0 Å². The smallest absolute Gasteiger partial charge is 0.227 e. The Morgan fingerprint density at radius 3 is 2.53 bits per heavy atom. The van der Waals surface area contributed by atoms with Crippen LogP contribution in [0.25, 0.3) is 0 Å². The van der Waals surface area contributed by atoms with Crippen LogP contribution in [0.2, 0.25) is 0 Å². The van der Waals surface area contributed by atoms with Crippen molar-refractivity contribution < 1.29 is 9.26 Å². The van der Waals surface area contributed by atoms with Crippen molar-refractivity contribution in [1.82, 2.24) is 10.1 Å². The van der Waals surface area contributed by atoms with Crippen molar-refractivity contribution in [2.75, 3.05) is 12.5 Å². The van der Waals surface area contributed by atoms with Gasteiger partial charge in [-0.2, -0.15) is 4.98 Å². The zero-order chi connectivity index (χ0) is 13.9. The second kappa shape index (κ2) is 5.80. The molecule has 2 rings (SSSR count). The van der Waals surface area contributed by atoms with Crippen molar-refractivity contribution in [1.29, 1.82) is 0 Å². The van der Waals surface area contributed by atoms with Crippen molar-refractivity contribution in [3.05, 3.63) is 11.7 Å². The maximum absolute atomic E-state index is 6.02. The van der Waals surface area contributed by atoms with E-state index in [0.717, 1.165) is 25.7 Å². The summed E-state index contributed by atoms with van der Waals surface area (Å²) in [5.74, 6) is 1.80. The predicted molar refractivity (Wildman–Crippen MR) is 74.3 cm³/mol. The van der Waals surface area contributed by atoms with E-state index in [0.29, 0.717) is 36.0 Å². The van der Waals surface area contributed by atoms with Gasteiger partial charge in [0.25, 0.3) is 0 Å². The van der Waals surface area contributed by atoms with Crippen molar-refractivity contribution in [2.24, 2.45) is 5.41 Å². The number of rotatable bonds is 5. The molecule has 0 aliphatic heterocycles. The van der Waals surface area contributed by atoms with Crippen molar-refractivity contribution in [3.8, 4) is 0 Å². The minimum absolute atomic E-state index is 0.363. The van der Waals surface area contributed by atoms with Gasteiger partial charge in [0.05, 0.1) is 0 Å². The monoisotopic (exact) mass is 286 g/mol. The summed E-state index contributed by atoms with van der Waals surface area (Å²) < 4.78 is 11.3. The number of ether oxygens (including phenoxy) is 1. The van der Waals surface area contributed by atoms with Crippen molar-refractivity contribution in [3.63, 3.8) is 0 Å². The van der Waals surface area contributed by atoms with Gasteiger partial charge in [0.15, 0.2) is 0 Å². The predicted octanol–water partition coefficient (Wildman–Crippen LogP) is 3.68. The number of halogens is 1. The number of alkyl halides is 1. The quantitative estimate of drug-likeness (QED) is 0.775. The van der Waals surface area contributed by atoms with E-state index in [9.17, 15) is 0 Å². The zero-order valence-electron chi connectivity index (χ0n) is 12.0. The summed E-state index contributed by atoms with van der Waals surface area (Å²) in [4.78, 5) is 4.47.